The zero-order valence-electron chi connectivity index (χ0n) is 9.55. The fourth-order valence-corrected chi connectivity index (χ4v) is 0.959. The average molecular weight is 187 g/mol. The van der Waals surface area contributed by atoms with Crippen LogP contribution < -0.4 is 0 Å². The molecule has 13 heavy (non-hydrogen) atoms. The van der Waals surface area contributed by atoms with Crippen LogP contribution in [0.2, 0.25) is 0 Å². The van der Waals surface area contributed by atoms with Gasteiger partial charge in [0.25, 0.3) is 0 Å². The van der Waals surface area contributed by atoms with Gasteiger partial charge in [0.2, 0.25) is 0 Å². The molecule has 3 nitrogen and oxygen atoms in total. The first-order valence-electron chi connectivity index (χ1n) is 4.55. The third-order valence-electron chi connectivity index (χ3n) is 1.77. The van der Waals surface area contributed by atoms with Crippen molar-refractivity contribution in [1.82, 2.24) is 4.90 Å². The molecule has 0 unspecified atom stereocenters. The maximum Gasteiger partial charge on any atom is 0.149 e. The highest BCUT2D eigenvalue weighted by molar-refractivity contribution is 5.81. The second kappa shape index (κ2) is 4.72. The molecule has 0 aromatic heterocycles. The molecule has 0 aromatic rings. The van der Waals surface area contributed by atoms with Gasteiger partial charge in [-0.1, -0.05) is 0 Å². The van der Waals surface area contributed by atoms with Gasteiger partial charge in [-0.3, -0.25) is 9.69 Å². The first-order valence-corrected chi connectivity index (χ1v) is 4.55. The van der Waals surface area contributed by atoms with Crippen LogP contribution in [0.3, 0.4) is 0 Å². The van der Waals surface area contributed by atoms with E-state index in [1.165, 1.54) is 0 Å². The zero-order chi connectivity index (χ0) is 10.6. The molecular formula is C10H21NO2. The summed E-state index contributed by atoms with van der Waals surface area (Å²) in [5.41, 5.74) is -0.177. The molecule has 0 saturated heterocycles. The Morgan fingerprint density at radius 1 is 1.38 bits per heavy atom. The largest absolute Gasteiger partial charge is 0.374 e. The summed E-state index contributed by atoms with van der Waals surface area (Å²) in [4.78, 5) is 13.1. The monoisotopic (exact) mass is 187 g/mol. The molecule has 0 saturated carbocycles. The number of likely N-dealkylation sites (N-methyl/N-ethyl adjacent to an activating group) is 1. The van der Waals surface area contributed by atoms with Crippen LogP contribution in [0.15, 0.2) is 0 Å². The Kier molecular flexibility index (Phi) is 4.57. The molecule has 0 aliphatic rings. The highest BCUT2D eigenvalue weighted by atomic mass is 16.5. The average Bonchev–Trinajstić information content (AvgIpc) is 1.82. The van der Waals surface area contributed by atoms with Crippen LogP contribution in [-0.4, -0.2) is 43.0 Å². The van der Waals surface area contributed by atoms with Crippen molar-refractivity contribution in [3.63, 3.8) is 0 Å². The van der Waals surface area contributed by atoms with Gasteiger partial charge in [0.15, 0.2) is 0 Å². The summed E-state index contributed by atoms with van der Waals surface area (Å²) in [5.74, 6) is 0.147. The minimum Gasteiger partial charge on any atom is -0.374 e. The fourth-order valence-electron chi connectivity index (χ4n) is 0.959. The van der Waals surface area contributed by atoms with Crippen molar-refractivity contribution in [2.45, 2.75) is 39.3 Å². The molecule has 0 spiro atoms. The fraction of sp³-hybridized carbons (Fsp3) is 0.900. The van der Waals surface area contributed by atoms with Gasteiger partial charge in [0.05, 0.1) is 18.2 Å². The van der Waals surface area contributed by atoms with Gasteiger partial charge >= 0.3 is 0 Å². The van der Waals surface area contributed by atoms with Gasteiger partial charge in [0.1, 0.15) is 5.78 Å². The van der Waals surface area contributed by atoms with Gasteiger partial charge in [-0.2, -0.15) is 0 Å². The number of hydrogen-bond acceptors (Lipinski definition) is 3. The predicted molar refractivity (Wildman–Crippen MR) is 53.9 cm³/mol. The lowest BCUT2D eigenvalue weighted by Crippen LogP contribution is -2.40. The number of nitrogens with zero attached hydrogens (tertiary/aromatic N) is 1. The van der Waals surface area contributed by atoms with Crippen LogP contribution >= 0.6 is 0 Å². The first-order chi connectivity index (χ1) is 5.74. The maximum absolute atomic E-state index is 11.2. The lowest BCUT2D eigenvalue weighted by molar-refractivity contribution is -0.125. The Hall–Kier alpha value is -0.410. The Balaban J connectivity index is 4.06. The Morgan fingerprint density at radius 3 is 2.08 bits per heavy atom. The summed E-state index contributed by atoms with van der Waals surface area (Å²) in [6.45, 7) is 8.02. The van der Waals surface area contributed by atoms with E-state index in [2.05, 4.69) is 0 Å². The van der Waals surface area contributed by atoms with E-state index in [1.54, 1.807) is 6.92 Å². The molecule has 0 amide bonds. The zero-order valence-corrected chi connectivity index (χ0v) is 9.55. The highest BCUT2D eigenvalue weighted by Crippen LogP contribution is 2.08. The van der Waals surface area contributed by atoms with Crippen molar-refractivity contribution in [3.8, 4) is 0 Å². The van der Waals surface area contributed by atoms with Gasteiger partial charge in [-0.15, -0.1) is 0 Å². The summed E-state index contributed by atoms with van der Waals surface area (Å²) in [6, 6.07) is -0.126. The van der Waals surface area contributed by atoms with E-state index in [4.69, 9.17) is 4.74 Å². The van der Waals surface area contributed by atoms with Crippen LogP contribution in [-0.2, 0) is 9.53 Å². The number of ether oxygens (including phenoxy) is 1. The molecule has 78 valence electrons. The summed E-state index contributed by atoms with van der Waals surface area (Å²) in [7, 11) is 3.77. The SMILES string of the molecule is CC(=O)[C@H](COC(C)(C)C)N(C)C. The Labute approximate surface area is 81.1 Å². The van der Waals surface area contributed by atoms with E-state index in [0.717, 1.165) is 0 Å². The Bertz CT molecular complexity index is 170. The van der Waals surface area contributed by atoms with Crippen molar-refractivity contribution in [3.05, 3.63) is 0 Å². The van der Waals surface area contributed by atoms with Gasteiger partial charge in [-0.25, -0.2) is 0 Å². The molecule has 0 aliphatic heterocycles. The molecule has 0 rings (SSSR count). The minimum atomic E-state index is -0.177. The van der Waals surface area contributed by atoms with E-state index in [-0.39, 0.29) is 17.4 Å². The smallest absolute Gasteiger partial charge is 0.149 e. The van der Waals surface area contributed by atoms with E-state index >= 15 is 0 Å². The number of Topliss-reactive ketones (excluding diaryl/α,β-unsaturated/α-hetero) is 1. The molecular weight excluding hydrogens is 166 g/mol. The lowest BCUT2D eigenvalue weighted by Gasteiger charge is -2.26. The molecule has 0 aliphatic carbocycles. The van der Waals surface area contributed by atoms with Crippen LogP contribution in [0.1, 0.15) is 27.7 Å². The molecule has 3 heteroatoms. The van der Waals surface area contributed by atoms with Crippen LogP contribution in [0.5, 0.6) is 0 Å². The molecule has 0 N–H and O–H groups in total. The van der Waals surface area contributed by atoms with Gasteiger partial charge in [-0.05, 0) is 41.8 Å². The normalized spacial score (nSPS) is 14.7. The maximum atomic E-state index is 11.2. The van der Waals surface area contributed by atoms with E-state index in [1.807, 2.05) is 39.8 Å². The third-order valence-corrected chi connectivity index (χ3v) is 1.77. The second-order valence-corrected chi connectivity index (χ2v) is 4.51. The summed E-state index contributed by atoms with van der Waals surface area (Å²) < 4.78 is 5.55. The van der Waals surface area contributed by atoms with Crippen molar-refractivity contribution >= 4 is 5.78 Å². The Morgan fingerprint density at radius 2 is 1.85 bits per heavy atom. The van der Waals surface area contributed by atoms with Gasteiger partial charge in [0, 0.05) is 0 Å². The van der Waals surface area contributed by atoms with E-state index in [0.29, 0.717) is 6.61 Å². The van der Waals surface area contributed by atoms with Crippen LogP contribution in [0.25, 0.3) is 0 Å². The number of rotatable bonds is 4. The number of ketones is 1. The second-order valence-electron chi connectivity index (χ2n) is 4.51. The molecule has 0 heterocycles. The van der Waals surface area contributed by atoms with Gasteiger partial charge < -0.3 is 4.74 Å². The van der Waals surface area contributed by atoms with Crippen molar-refractivity contribution in [2.75, 3.05) is 20.7 Å². The standard InChI is InChI=1S/C10H21NO2/c1-8(12)9(11(5)6)7-13-10(2,3)4/h9H,7H2,1-6H3/t9-/m0/s1. The van der Waals surface area contributed by atoms with Crippen LogP contribution in [0.4, 0.5) is 0 Å². The topological polar surface area (TPSA) is 29.5 Å². The van der Waals surface area contributed by atoms with Crippen LogP contribution in [0, 0.1) is 0 Å². The quantitative estimate of drug-likeness (QED) is 0.665. The first kappa shape index (κ1) is 12.6. The lowest BCUT2D eigenvalue weighted by atomic mass is 10.1. The number of carbonyl (C=O) groups excluding carboxylic acids is 1. The molecule has 0 radical (unpaired) electrons. The third kappa shape index (κ3) is 5.77. The van der Waals surface area contributed by atoms with E-state index < -0.39 is 0 Å². The highest BCUT2D eigenvalue weighted by Gasteiger charge is 2.20. The van der Waals surface area contributed by atoms with Crippen molar-refractivity contribution < 1.29 is 9.53 Å². The van der Waals surface area contributed by atoms with Crippen molar-refractivity contribution in [1.29, 1.82) is 0 Å². The molecule has 0 bridgehead atoms. The molecule has 0 fully saturated rings. The van der Waals surface area contributed by atoms with Crippen molar-refractivity contribution in [2.24, 2.45) is 0 Å². The summed E-state index contributed by atoms with van der Waals surface area (Å²) >= 11 is 0. The number of hydrogen-bond donors (Lipinski definition) is 0. The number of carbonyl (C=O) groups is 1. The summed E-state index contributed by atoms with van der Waals surface area (Å²) in [5, 5.41) is 0. The summed E-state index contributed by atoms with van der Waals surface area (Å²) in [6.07, 6.45) is 0. The van der Waals surface area contributed by atoms with E-state index in [9.17, 15) is 4.79 Å². The molecule has 1 atom stereocenters. The molecule has 0 aromatic carbocycles. The predicted octanol–water partition coefficient (Wildman–Crippen LogP) is 1.32. The minimum absolute atomic E-state index is 0.126.